The summed E-state index contributed by atoms with van der Waals surface area (Å²) in [5.74, 6) is -0.173. The molecule has 1 aliphatic rings. The lowest BCUT2D eigenvalue weighted by atomic mass is 10.0. The van der Waals surface area contributed by atoms with E-state index in [0.29, 0.717) is 27.6 Å². The second-order valence-corrected chi connectivity index (χ2v) is 6.93. The van der Waals surface area contributed by atoms with E-state index in [4.69, 9.17) is 16.3 Å². The van der Waals surface area contributed by atoms with Gasteiger partial charge >= 0.3 is 0 Å². The molecular formula is C22H18ClN3O3. The van der Waals surface area contributed by atoms with Crippen molar-refractivity contribution >= 4 is 29.1 Å². The minimum atomic E-state index is -0.593. The van der Waals surface area contributed by atoms with Crippen LogP contribution in [0.2, 0.25) is 5.02 Å². The smallest absolute Gasteiger partial charge is 0.276 e. The number of carbonyl (C=O) groups excluding carboxylic acids is 2. The van der Waals surface area contributed by atoms with Crippen LogP contribution in [-0.2, 0) is 0 Å². The summed E-state index contributed by atoms with van der Waals surface area (Å²) in [6.07, 6.45) is -0.593. The average molecular weight is 408 g/mol. The fraction of sp³-hybridized carbons (Fsp3) is 0.0909. The summed E-state index contributed by atoms with van der Waals surface area (Å²) in [4.78, 5) is 26.0. The molecule has 0 saturated carbocycles. The van der Waals surface area contributed by atoms with Gasteiger partial charge in [-0.25, -0.2) is 5.01 Å². The lowest BCUT2D eigenvalue weighted by Crippen LogP contribution is -2.52. The molecule has 0 aliphatic carbocycles. The van der Waals surface area contributed by atoms with Crippen LogP contribution in [0.3, 0.4) is 0 Å². The maximum Gasteiger partial charge on any atom is 0.276 e. The number of fused-ring (bicyclic) bond motifs is 1. The molecule has 0 bridgehead atoms. The van der Waals surface area contributed by atoms with Crippen molar-refractivity contribution in [3.8, 4) is 5.75 Å². The number of para-hydroxylation sites is 1. The van der Waals surface area contributed by atoms with Crippen molar-refractivity contribution in [2.24, 2.45) is 0 Å². The van der Waals surface area contributed by atoms with Gasteiger partial charge in [-0.3, -0.25) is 15.0 Å². The number of amides is 2. The highest BCUT2D eigenvalue weighted by molar-refractivity contribution is 6.30. The molecule has 1 unspecified atom stereocenters. The second kappa shape index (κ2) is 7.85. The first-order chi connectivity index (χ1) is 14.1. The van der Waals surface area contributed by atoms with Crippen LogP contribution in [-0.4, -0.2) is 23.9 Å². The monoisotopic (exact) mass is 407 g/mol. The van der Waals surface area contributed by atoms with Gasteiger partial charge in [0, 0.05) is 16.3 Å². The number of hydrazine groups is 1. The van der Waals surface area contributed by atoms with E-state index >= 15 is 0 Å². The van der Waals surface area contributed by atoms with Crippen LogP contribution in [0.25, 0.3) is 0 Å². The minimum absolute atomic E-state index is 0.310. The Bertz CT molecular complexity index is 1070. The fourth-order valence-electron chi connectivity index (χ4n) is 3.19. The van der Waals surface area contributed by atoms with Crippen molar-refractivity contribution in [2.45, 2.75) is 6.17 Å². The number of hydrogen-bond acceptors (Lipinski definition) is 4. The average Bonchev–Trinajstić information content (AvgIpc) is 2.76. The fourth-order valence-corrected chi connectivity index (χ4v) is 3.31. The molecule has 29 heavy (non-hydrogen) atoms. The summed E-state index contributed by atoms with van der Waals surface area (Å²) in [5.41, 5.74) is 5.07. The number of nitrogens with one attached hydrogen (secondary N) is 2. The number of hydrogen-bond donors (Lipinski definition) is 2. The molecule has 4 rings (SSSR count). The number of benzene rings is 3. The lowest BCUT2D eigenvalue weighted by molar-refractivity contribution is 0.0491. The molecule has 0 aromatic heterocycles. The van der Waals surface area contributed by atoms with E-state index < -0.39 is 12.1 Å². The van der Waals surface area contributed by atoms with E-state index in [1.807, 2.05) is 24.3 Å². The Morgan fingerprint density at radius 1 is 1.07 bits per heavy atom. The van der Waals surface area contributed by atoms with E-state index in [-0.39, 0.29) is 5.91 Å². The van der Waals surface area contributed by atoms with E-state index in [2.05, 4.69) is 10.7 Å². The Kier molecular flexibility index (Phi) is 5.10. The van der Waals surface area contributed by atoms with Crippen molar-refractivity contribution < 1.29 is 14.3 Å². The van der Waals surface area contributed by atoms with Crippen molar-refractivity contribution in [2.75, 3.05) is 12.4 Å². The molecule has 3 aromatic rings. The number of methoxy groups -OCH3 is 1. The molecule has 0 spiro atoms. The van der Waals surface area contributed by atoms with E-state index in [1.54, 1.807) is 48.5 Å². The maximum absolute atomic E-state index is 13.2. The number of rotatable bonds is 4. The molecule has 0 radical (unpaired) electrons. The lowest BCUT2D eigenvalue weighted by Gasteiger charge is -2.37. The van der Waals surface area contributed by atoms with Crippen molar-refractivity contribution in [1.29, 1.82) is 0 Å². The Hall–Kier alpha value is -3.51. The summed E-state index contributed by atoms with van der Waals surface area (Å²) in [5, 5.41) is 5.20. The third kappa shape index (κ3) is 3.75. The summed E-state index contributed by atoms with van der Waals surface area (Å²) >= 11 is 6.01. The third-order valence-electron chi connectivity index (χ3n) is 4.67. The summed E-state index contributed by atoms with van der Waals surface area (Å²) in [6, 6.07) is 21.0. The van der Waals surface area contributed by atoms with Crippen LogP contribution in [0, 0.1) is 0 Å². The van der Waals surface area contributed by atoms with Gasteiger partial charge in [-0.1, -0.05) is 41.9 Å². The molecule has 7 heteroatoms. The highest BCUT2D eigenvalue weighted by Gasteiger charge is 2.34. The Labute approximate surface area is 173 Å². The van der Waals surface area contributed by atoms with Crippen LogP contribution in [0.5, 0.6) is 5.75 Å². The van der Waals surface area contributed by atoms with E-state index in [1.165, 1.54) is 12.1 Å². The van der Waals surface area contributed by atoms with Crippen molar-refractivity contribution in [3.63, 3.8) is 0 Å². The predicted octanol–water partition coefficient (Wildman–Crippen LogP) is 4.26. The van der Waals surface area contributed by atoms with Gasteiger partial charge in [0.1, 0.15) is 11.9 Å². The first kappa shape index (κ1) is 18.8. The number of nitrogens with zero attached hydrogens (tertiary/aromatic N) is 1. The van der Waals surface area contributed by atoms with Gasteiger partial charge in [-0.05, 0) is 48.0 Å². The SMILES string of the molecule is COc1cccc(C(=O)NN2C(=O)c3ccccc3NC2c2ccc(Cl)cc2)c1. The van der Waals surface area contributed by atoms with E-state index in [0.717, 1.165) is 5.56 Å². The summed E-state index contributed by atoms with van der Waals surface area (Å²) in [7, 11) is 1.53. The van der Waals surface area contributed by atoms with Gasteiger partial charge < -0.3 is 10.1 Å². The zero-order valence-corrected chi connectivity index (χ0v) is 16.3. The molecule has 2 N–H and O–H groups in total. The normalized spacial score (nSPS) is 15.3. The largest absolute Gasteiger partial charge is 0.497 e. The van der Waals surface area contributed by atoms with Crippen LogP contribution in [0.4, 0.5) is 5.69 Å². The standard InChI is InChI=1S/C22H18ClN3O3/c1-29-17-6-4-5-15(13-17)21(27)25-26-20(14-9-11-16(23)12-10-14)24-19-8-3-2-7-18(19)22(26)28/h2-13,20,24H,1H3,(H,25,27). The first-order valence-electron chi connectivity index (χ1n) is 8.96. The zero-order valence-electron chi connectivity index (χ0n) is 15.6. The highest BCUT2D eigenvalue weighted by Crippen LogP contribution is 2.32. The van der Waals surface area contributed by atoms with E-state index in [9.17, 15) is 9.59 Å². The molecule has 2 amide bonds. The number of halogens is 1. The quantitative estimate of drug-likeness (QED) is 0.678. The maximum atomic E-state index is 13.2. The molecule has 1 heterocycles. The topological polar surface area (TPSA) is 70.7 Å². The number of ether oxygens (including phenoxy) is 1. The van der Waals surface area contributed by atoms with Crippen LogP contribution in [0.15, 0.2) is 72.8 Å². The van der Waals surface area contributed by atoms with Gasteiger partial charge in [0.25, 0.3) is 11.8 Å². The molecule has 1 atom stereocenters. The Morgan fingerprint density at radius 3 is 2.59 bits per heavy atom. The first-order valence-corrected chi connectivity index (χ1v) is 9.34. The molecule has 3 aromatic carbocycles. The van der Waals surface area contributed by atoms with Crippen molar-refractivity contribution in [3.05, 3.63) is 94.5 Å². The number of anilines is 1. The molecule has 0 saturated heterocycles. The predicted molar refractivity (Wildman–Crippen MR) is 111 cm³/mol. The van der Waals surface area contributed by atoms with Crippen LogP contribution >= 0.6 is 11.6 Å². The van der Waals surface area contributed by atoms with Gasteiger partial charge in [-0.2, -0.15) is 0 Å². The third-order valence-corrected chi connectivity index (χ3v) is 4.92. The van der Waals surface area contributed by atoms with Gasteiger partial charge in [0.15, 0.2) is 0 Å². The Morgan fingerprint density at radius 2 is 1.83 bits per heavy atom. The van der Waals surface area contributed by atoms with Crippen LogP contribution in [0.1, 0.15) is 32.4 Å². The van der Waals surface area contributed by atoms with Gasteiger partial charge in [0.2, 0.25) is 0 Å². The molecule has 6 nitrogen and oxygen atoms in total. The highest BCUT2D eigenvalue weighted by atomic mass is 35.5. The second-order valence-electron chi connectivity index (χ2n) is 6.49. The zero-order chi connectivity index (χ0) is 20.4. The Balaban J connectivity index is 1.70. The molecule has 146 valence electrons. The van der Waals surface area contributed by atoms with Crippen LogP contribution < -0.4 is 15.5 Å². The van der Waals surface area contributed by atoms with Crippen molar-refractivity contribution in [1.82, 2.24) is 10.4 Å². The minimum Gasteiger partial charge on any atom is -0.497 e. The summed E-state index contributed by atoms with van der Waals surface area (Å²) in [6.45, 7) is 0. The number of carbonyl (C=O) groups is 2. The van der Waals surface area contributed by atoms with Gasteiger partial charge in [0.05, 0.1) is 12.7 Å². The van der Waals surface area contributed by atoms with Gasteiger partial charge in [-0.15, -0.1) is 0 Å². The summed E-state index contributed by atoms with van der Waals surface area (Å²) < 4.78 is 5.18. The molecule has 1 aliphatic heterocycles. The molecular weight excluding hydrogens is 390 g/mol. The molecule has 0 fully saturated rings.